The van der Waals surface area contributed by atoms with Crippen molar-refractivity contribution in [1.29, 1.82) is 0 Å². The molecule has 9 nitrogen and oxygen atoms in total. The molecule has 4 aromatic rings. The summed E-state index contributed by atoms with van der Waals surface area (Å²) in [6.45, 7) is 0. The minimum atomic E-state index is -0.275. The molecule has 1 aliphatic rings. The maximum Gasteiger partial charge on any atom is 0.248 e. The molecular weight excluding hydrogens is 570 g/mol. The molecule has 1 aliphatic carbocycles. The summed E-state index contributed by atoms with van der Waals surface area (Å²) in [4.78, 5) is 17.9. The van der Waals surface area contributed by atoms with Crippen molar-refractivity contribution in [3.05, 3.63) is 71.4 Å². The van der Waals surface area contributed by atoms with E-state index in [9.17, 15) is 4.79 Å². The van der Waals surface area contributed by atoms with Crippen LogP contribution in [0.1, 0.15) is 29.7 Å². The summed E-state index contributed by atoms with van der Waals surface area (Å²) in [5, 5.41) is 7.53. The van der Waals surface area contributed by atoms with E-state index in [2.05, 4.69) is 10.6 Å². The molecule has 0 unspecified atom stereocenters. The van der Waals surface area contributed by atoms with E-state index in [1.807, 2.05) is 36.4 Å². The van der Waals surface area contributed by atoms with Gasteiger partial charge in [-0.3, -0.25) is 9.78 Å². The first kappa shape index (κ1) is 31.3. The van der Waals surface area contributed by atoms with Crippen molar-refractivity contribution in [2.45, 2.75) is 25.7 Å². The van der Waals surface area contributed by atoms with Gasteiger partial charge in [-0.05, 0) is 85.4 Å². The molecule has 0 bridgehead atoms. The molecule has 2 N–H and O–H groups in total. The predicted octanol–water partition coefficient (Wildman–Crippen LogP) is 6.97. The first-order valence-electron chi connectivity index (χ1n) is 13.7. The lowest BCUT2D eigenvalue weighted by atomic mass is 9.92. The highest BCUT2D eigenvalue weighted by molar-refractivity contribution is 6.04. The number of fused-ring (bicyclic) bond motifs is 2. The van der Waals surface area contributed by atoms with Crippen LogP contribution in [0.15, 0.2) is 54.6 Å². The van der Waals surface area contributed by atoms with Crippen molar-refractivity contribution in [2.75, 3.05) is 46.2 Å². The fourth-order valence-corrected chi connectivity index (χ4v) is 5.26. The Morgan fingerprint density at radius 1 is 0.767 bits per heavy atom. The van der Waals surface area contributed by atoms with Gasteiger partial charge < -0.3 is 34.3 Å². The SMILES string of the molecule is COc1ccc(Nc2c3c(nc4ccc(NC(=O)C=Cc5cc(OC)c(OC)c(OC)c5)cc24)CCCC3)cc1OC.Cl. The van der Waals surface area contributed by atoms with Crippen LogP contribution in [0.2, 0.25) is 0 Å². The average molecular weight is 606 g/mol. The molecule has 0 saturated heterocycles. The van der Waals surface area contributed by atoms with Gasteiger partial charge in [-0.15, -0.1) is 12.4 Å². The number of rotatable bonds is 10. The Labute approximate surface area is 257 Å². The molecule has 1 heterocycles. The highest BCUT2D eigenvalue weighted by Gasteiger charge is 2.20. The quantitative estimate of drug-likeness (QED) is 0.187. The molecule has 0 atom stereocenters. The minimum Gasteiger partial charge on any atom is -0.493 e. The van der Waals surface area contributed by atoms with Gasteiger partial charge in [0.2, 0.25) is 11.7 Å². The van der Waals surface area contributed by atoms with E-state index in [0.717, 1.165) is 59.2 Å². The highest BCUT2D eigenvalue weighted by atomic mass is 35.5. The average Bonchev–Trinajstić information content (AvgIpc) is 3.03. The van der Waals surface area contributed by atoms with Crippen molar-refractivity contribution in [3.8, 4) is 28.7 Å². The number of methoxy groups -OCH3 is 5. The van der Waals surface area contributed by atoms with Crippen LogP contribution in [-0.2, 0) is 17.6 Å². The molecule has 3 aromatic carbocycles. The van der Waals surface area contributed by atoms with Gasteiger partial charge in [-0.1, -0.05) is 0 Å². The number of halogens is 1. The number of anilines is 3. The number of pyridine rings is 1. The lowest BCUT2D eigenvalue weighted by Crippen LogP contribution is -2.11. The summed E-state index contributed by atoms with van der Waals surface area (Å²) in [6, 6.07) is 15.1. The van der Waals surface area contributed by atoms with Crippen molar-refractivity contribution < 1.29 is 28.5 Å². The Kier molecular flexibility index (Phi) is 10.2. The van der Waals surface area contributed by atoms with Crippen molar-refractivity contribution in [3.63, 3.8) is 0 Å². The van der Waals surface area contributed by atoms with Gasteiger partial charge in [0.25, 0.3) is 0 Å². The van der Waals surface area contributed by atoms with E-state index >= 15 is 0 Å². The van der Waals surface area contributed by atoms with Gasteiger partial charge >= 0.3 is 0 Å². The monoisotopic (exact) mass is 605 g/mol. The normalized spacial score (nSPS) is 12.2. The summed E-state index contributed by atoms with van der Waals surface area (Å²) >= 11 is 0. The van der Waals surface area contributed by atoms with Crippen LogP contribution in [-0.4, -0.2) is 46.4 Å². The third-order valence-electron chi connectivity index (χ3n) is 7.30. The number of nitrogens with zero attached hydrogens (tertiary/aromatic N) is 1. The smallest absolute Gasteiger partial charge is 0.248 e. The summed E-state index contributed by atoms with van der Waals surface area (Å²) in [6.07, 6.45) is 7.26. The van der Waals surface area contributed by atoms with E-state index in [1.165, 1.54) is 11.6 Å². The zero-order valence-electron chi connectivity index (χ0n) is 24.9. The lowest BCUT2D eigenvalue weighted by Gasteiger charge is -2.22. The van der Waals surface area contributed by atoms with Gasteiger partial charge in [0.15, 0.2) is 23.0 Å². The Morgan fingerprint density at radius 3 is 2.12 bits per heavy atom. The second-order valence-corrected chi connectivity index (χ2v) is 9.83. The van der Waals surface area contributed by atoms with E-state index in [0.29, 0.717) is 34.4 Å². The van der Waals surface area contributed by atoms with Gasteiger partial charge in [0.05, 0.1) is 46.8 Å². The topological polar surface area (TPSA) is 100 Å². The molecule has 0 saturated carbocycles. The maximum absolute atomic E-state index is 13.0. The molecule has 1 aromatic heterocycles. The molecule has 10 heteroatoms. The van der Waals surface area contributed by atoms with Crippen LogP contribution in [0, 0.1) is 0 Å². The second kappa shape index (κ2) is 14.0. The molecule has 0 spiro atoms. The minimum absolute atomic E-state index is 0. The van der Waals surface area contributed by atoms with Crippen molar-refractivity contribution in [2.24, 2.45) is 0 Å². The number of hydrogen-bond donors (Lipinski definition) is 2. The standard InChI is InChI=1S/C33H35N3O6.ClH/c1-38-27-14-12-22(19-28(27)39-2)35-32-23-8-6-7-9-25(23)36-26-13-11-21(18-24(26)32)34-31(37)15-10-20-16-29(40-3)33(42-5)30(17-20)41-4;/h10-19H,6-9H2,1-5H3,(H,34,37)(H,35,36);1H. The number of nitrogens with one attached hydrogen (secondary N) is 2. The number of carbonyl (C=O) groups excluding carboxylic acids is 1. The maximum atomic E-state index is 13.0. The molecular formula is C33H36ClN3O6. The third kappa shape index (κ3) is 6.73. The second-order valence-electron chi connectivity index (χ2n) is 9.83. The Morgan fingerprint density at radius 2 is 1.44 bits per heavy atom. The first-order valence-corrected chi connectivity index (χ1v) is 13.7. The van der Waals surface area contributed by atoms with Gasteiger partial charge in [0, 0.05) is 34.6 Å². The van der Waals surface area contributed by atoms with Crippen LogP contribution in [0.5, 0.6) is 28.7 Å². The van der Waals surface area contributed by atoms with Crippen LogP contribution in [0.25, 0.3) is 17.0 Å². The summed E-state index contributed by atoms with van der Waals surface area (Å²) in [5.74, 6) is 2.54. The molecule has 5 rings (SSSR count). The van der Waals surface area contributed by atoms with Crippen molar-refractivity contribution >= 4 is 52.4 Å². The largest absolute Gasteiger partial charge is 0.493 e. The number of ether oxygens (including phenoxy) is 5. The molecule has 0 aliphatic heterocycles. The fourth-order valence-electron chi connectivity index (χ4n) is 5.26. The molecule has 0 fully saturated rings. The van der Waals surface area contributed by atoms with Crippen LogP contribution in [0.4, 0.5) is 17.1 Å². The Balaban J connectivity index is 0.00000423. The fraction of sp³-hybridized carbons (Fsp3) is 0.273. The lowest BCUT2D eigenvalue weighted by molar-refractivity contribution is -0.111. The third-order valence-corrected chi connectivity index (χ3v) is 7.30. The molecule has 43 heavy (non-hydrogen) atoms. The van der Waals surface area contributed by atoms with Gasteiger partial charge in [0.1, 0.15) is 0 Å². The first-order chi connectivity index (χ1) is 20.5. The van der Waals surface area contributed by atoms with Crippen LogP contribution in [0.3, 0.4) is 0 Å². The Hall–Kier alpha value is -4.63. The highest BCUT2D eigenvalue weighted by Crippen LogP contribution is 2.40. The zero-order valence-corrected chi connectivity index (χ0v) is 25.7. The summed E-state index contributed by atoms with van der Waals surface area (Å²) in [7, 11) is 7.89. The molecule has 226 valence electrons. The van der Waals surface area contributed by atoms with E-state index in [-0.39, 0.29) is 18.3 Å². The number of aryl methyl sites for hydroxylation is 1. The Bertz CT molecular complexity index is 1630. The molecule has 1 amide bonds. The van der Waals surface area contributed by atoms with Gasteiger partial charge in [-0.2, -0.15) is 0 Å². The van der Waals surface area contributed by atoms with Crippen LogP contribution >= 0.6 is 12.4 Å². The van der Waals surface area contributed by atoms with E-state index < -0.39 is 0 Å². The zero-order chi connectivity index (χ0) is 29.6. The van der Waals surface area contributed by atoms with E-state index in [1.54, 1.807) is 53.8 Å². The predicted molar refractivity (Wildman–Crippen MR) is 172 cm³/mol. The number of benzene rings is 3. The summed E-state index contributed by atoms with van der Waals surface area (Å²) in [5.41, 5.74) is 6.44. The van der Waals surface area contributed by atoms with E-state index in [4.69, 9.17) is 28.7 Å². The number of carbonyl (C=O) groups is 1. The van der Waals surface area contributed by atoms with Crippen molar-refractivity contribution in [1.82, 2.24) is 4.98 Å². The van der Waals surface area contributed by atoms with Crippen LogP contribution < -0.4 is 34.3 Å². The molecule has 0 radical (unpaired) electrons. The summed E-state index contributed by atoms with van der Waals surface area (Å²) < 4.78 is 27.1. The van der Waals surface area contributed by atoms with Gasteiger partial charge in [-0.25, -0.2) is 0 Å². The number of amides is 1. The number of hydrogen-bond acceptors (Lipinski definition) is 8. The number of aromatic nitrogens is 1.